The van der Waals surface area contributed by atoms with Gasteiger partial charge < -0.3 is 8.98 Å². The largest absolute Gasteiger partial charge is 0.455 e. The van der Waals surface area contributed by atoms with Gasteiger partial charge in [0.25, 0.3) is 0 Å². The van der Waals surface area contributed by atoms with Crippen LogP contribution in [0.4, 0.5) is 0 Å². The first-order valence-electron chi connectivity index (χ1n) is 19.5. The van der Waals surface area contributed by atoms with E-state index in [0.717, 1.165) is 33.2 Å². The van der Waals surface area contributed by atoms with E-state index in [1.54, 1.807) is 0 Å². The van der Waals surface area contributed by atoms with E-state index in [1.165, 1.54) is 64.2 Å². The van der Waals surface area contributed by atoms with Crippen molar-refractivity contribution in [3.63, 3.8) is 0 Å². The van der Waals surface area contributed by atoms with Gasteiger partial charge in [-0.2, -0.15) is 0 Å². The number of nitrogens with one attached hydrogen (secondary N) is 3. The molecule has 1 saturated heterocycles. The number of nitrogens with zero attached hydrogens (tertiary/aromatic N) is 1. The van der Waals surface area contributed by atoms with E-state index in [2.05, 4.69) is 203 Å². The first-order chi connectivity index (χ1) is 28.3. The van der Waals surface area contributed by atoms with Gasteiger partial charge in [-0.15, -0.1) is 11.3 Å². The predicted octanol–water partition coefficient (Wildman–Crippen LogP) is 12.9. The molecule has 4 heterocycles. The molecular weight excluding hydrogens is 717 g/mol. The Kier molecular flexibility index (Phi) is 7.46. The summed E-state index contributed by atoms with van der Waals surface area (Å²) >= 11 is 1.86. The zero-order valence-electron chi connectivity index (χ0n) is 30.8. The predicted molar refractivity (Wildman–Crippen MR) is 237 cm³/mol. The van der Waals surface area contributed by atoms with E-state index < -0.39 is 0 Å². The lowest BCUT2D eigenvalue weighted by Gasteiger charge is -2.39. The highest BCUT2D eigenvalue weighted by Crippen LogP contribution is 2.46. The highest BCUT2D eigenvalue weighted by atomic mass is 32.1. The molecule has 1 aliphatic heterocycles. The second kappa shape index (κ2) is 13.0. The van der Waals surface area contributed by atoms with Gasteiger partial charge in [-0.3, -0.25) is 16.0 Å². The minimum absolute atomic E-state index is 0.0380. The molecule has 0 amide bonds. The van der Waals surface area contributed by atoms with Crippen LogP contribution in [0, 0.1) is 0 Å². The van der Waals surface area contributed by atoms with Crippen LogP contribution in [0.1, 0.15) is 35.2 Å². The van der Waals surface area contributed by atoms with Crippen molar-refractivity contribution in [3.8, 4) is 16.8 Å². The van der Waals surface area contributed by atoms with E-state index in [1.807, 2.05) is 11.3 Å². The lowest BCUT2D eigenvalue weighted by atomic mass is 9.96. The molecule has 0 bridgehead atoms. The van der Waals surface area contributed by atoms with Crippen LogP contribution in [-0.2, 0) is 0 Å². The number of thiophene rings is 1. The molecule has 0 radical (unpaired) electrons. The smallest absolute Gasteiger partial charge is 0.143 e. The van der Waals surface area contributed by atoms with Crippen LogP contribution in [0.2, 0.25) is 0 Å². The fourth-order valence-electron chi connectivity index (χ4n) is 9.16. The van der Waals surface area contributed by atoms with Gasteiger partial charge in [-0.1, -0.05) is 146 Å². The van der Waals surface area contributed by atoms with Crippen LogP contribution in [0.5, 0.6) is 0 Å². The Labute approximate surface area is 332 Å². The molecule has 57 heavy (non-hydrogen) atoms. The Balaban J connectivity index is 0.994. The quantitative estimate of drug-likeness (QED) is 0.164. The van der Waals surface area contributed by atoms with Gasteiger partial charge in [0.2, 0.25) is 0 Å². The van der Waals surface area contributed by atoms with E-state index in [-0.39, 0.29) is 18.5 Å². The van der Waals surface area contributed by atoms with Crippen molar-refractivity contribution < 1.29 is 4.42 Å². The molecular formula is C51H36N4OS. The number of para-hydroxylation sites is 3. The maximum Gasteiger partial charge on any atom is 0.143 e. The number of rotatable bonds is 5. The van der Waals surface area contributed by atoms with Crippen molar-refractivity contribution in [3.05, 3.63) is 199 Å². The molecule has 1 aliphatic rings. The highest BCUT2D eigenvalue weighted by molar-refractivity contribution is 7.26. The third-order valence-corrected chi connectivity index (χ3v) is 13.0. The van der Waals surface area contributed by atoms with Crippen LogP contribution < -0.4 is 16.0 Å². The molecule has 1 fully saturated rings. The van der Waals surface area contributed by atoms with Gasteiger partial charge in [-0.25, -0.2) is 0 Å². The Bertz CT molecular complexity index is 3210. The summed E-state index contributed by atoms with van der Waals surface area (Å²) in [6.07, 6.45) is -0.169. The van der Waals surface area contributed by atoms with Crippen molar-refractivity contribution in [2.75, 3.05) is 0 Å². The third kappa shape index (κ3) is 5.19. The normalized spacial score (nSPS) is 17.4. The molecule has 12 rings (SSSR count). The average Bonchev–Trinajstić information content (AvgIpc) is 3.96. The Morgan fingerprint density at radius 1 is 0.456 bits per heavy atom. The molecule has 3 N–H and O–H groups in total. The van der Waals surface area contributed by atoms with Gasteiger partial charge in [0.1, 0.15) is 11.2 Å². The van der Waals surface area contributed by atoms with Crippen LogP contribution >= 0.6 is 11.3 Å². The van der Waals surface area contributed by atoms with E-state index in [9.17, 15) is 0 Å². The van der Waals surface area contributed by atoms with Crippen molar-refractivity contribution >= 4 is 75.3 Å². The number of hydrogen-bond donors (Lipinski definition) is 3. The fraction of sp³-hybridized carbons (Fsp3) is 0.0588. The first kappa shape index (κ1) is 32.7. The maximum atomic E-state index is 6.82. The topological polar surface area (TPSA) is 54.2 Å². The molecule has 6 heteroatoms. The number of fused-ring (bicyclic) bond motifs is 9. The number of furan rings is 1. The van der Waals surface area contributed by atoms with E-state index >= 15 is 0 Å². The summed E-state index contributed by atoms with van der Waals surface area (Å²) in [5.41, 5.74) is 11.2. The maximum absolute atomic E-state index is 6.82. The highest BCUT2D eigenvalue weighted by Gasteiger charge is 2.31. The second-order valence-corrected chi connectivity index (χ2v) is 16.0. The van der Waals surface area contributed by atoms with Crippen LogP contribution in [0.25, 0.3) is 80.7 Å². The van der Waals surface area contributed by atoms with Crippen LogP contribution in [0.3, 0.4) is 0 Å². The summed E-state index contributed by atoms with van der Waals surface area (Å²) in [5.74, 6) is 0. The minimum Gasteiger partial charge on any atom is -0.455 e. The molecule has 2 atom stereocenters. The average molecular weight is 753 g/mol. The van der Waals surface area contributed by atoms with E-state index in [0.29, 0.717) is 0 Å². The van der Waals surface area contributed by atoms with Gasteiger partial charge in [-0.05, 0) is 53.1 Å². The Hall–Kier alpha value is -6.54. The monoisotopic (exact) mass is 752 g/mol. The molecule has 8 aromatic carbocycles. The van der Waals surface area contributed by atoms with Gasteiger partial charge >= 0.3 is 0 Å². The van der Waals surface area contributed by atoms with Gasteiger partial charge in [0, 0.05) is 58.5 Å². The zero-order valence-corrected chi connectivity index (χ0v) is 31.6. The summed E-state index contributed by atoms with van der Waals surface area (Å²) in [4.78, 5) is 0. The summed E-state index contributed by atoms with van der Waals surface area (Å²) in [7, 11) is 0. The number of benzene rings is 8. The molecule has 0 spiro atoms. The molecule has 0 aliphatic carbocycles. The summed E-state index contributed by atoms with van der Waals surface area (Å²) < 4.78 is 11.7. The summed E-state index contributed by atoms with van der Waals surface area (Å²) in [6.45, 7) is 0. The molecule has 2 unspecified atom stereocenters. The molecule has 0 saturated carbocycles. The molecule has 272 valence electrons. The van der Waals surface area contributed by atoms with E-state index in [4.69, 9.17) is 4.42 Å². The Morgan fingerprint density at radius 3 is 1.75 bits per heavy atom. The SMILES string of the molecule is c1ccc(C2NC(c3ccccc3)NC(c3cccc4c3sc3cccc(-c5cccc6c5oc5ccc(-n7c8ccccc8c8ccccc87)cc56)c34)N2)cc1. The second-order valence-electron chi connectivity index (χ2n) is 15.0. The van der Waals surface area contributed by atoms with Gasteiger partial charge in [0.05, 0.1) is 29.5 Å². The minimum atomic E-state index is -0.0931. The lowest BCUT2D eigenvalue weighted by Crippen LogP contribution is -2.54. The summed E-state index contributed by atoms with van der Waals surface area (Å²) in [6, 6.07) is 65.3. The standard InChI is InChI=1S/C51H36N4OS/c1-3-14-31(15-4-1)49-52-50(32-16-5-2-6-17-32)54-51(53-49)40-24-12-23-39-46-36(20-13-27-45(46)57-48(39)40)37-21-11-22-38-41-30-33(28-29-44(41)56-47(37)38)55-42-25-9-7-18-34(42)35-19-8-10-26-43(35)55/h1-30,49-54H. The Morgan fingerprint density at radius 2 is 1.04 bits per heavy atom. The van der Waals surface area contributed by atoms with Crippen LogP contribution in [-0.4, -0.2) is 4.57 Å². The first-order valence-corrected chi connectivity index (χ1v) is 20.3. The van der Waals surface area contributed by atoms with Crippen molar-refractivity contribution in [1.82, 2.24) is 20.5 Å². The molecule has 5 nitrogen and oxygen atoms in total. The number of aromatic nitrogens is 1. The van der Waals surface area contributed by atoms with Crippen molar-refractivity contribution in [2.45, 2.75) is 18.5 Å². The van der Waals surface area contributed by atoms with Crippen molar-refractivity contribution in [2.24, 2.45) is 0 Å². The fourth-order valence-corrected chi connectivity index (χ4v) is 10.4. The molecule has 3 aromatic heterocycles. The third-order valence-electron chi connectivity index (χ3n) is 11.7. The number of hydrogen-bond acceptors (Lipinski definition) is 5. The van der Waals surface area contributed by atoms with Gasteiger partial charge in [0.15, 0.2) is 0 Å². The van der Waals surface area contributed by atoms with Crippen LogP contribution in [0.15, 0.2) is 186 Å². The summed E-state index contributed by atoms with van der Waals surface area (Å²) in [5, 5.41) is 18.9. The molecule has 11 aromatic rings. The van der Waals surface area contributed by atoms with Crippen molar-refractivity contribution in [1.29, 1.82) is 0 Å². The lowest BCUT2D eigenvalue weighted by molar-refractivity contribution is 0.204. The zero-order chi connectivity index (χ0) is 37.5.